The largest absolute Gasteiger partial charge is 0.478 e. The summed E-state index contributed by atoms with van der Waals surface area (Å²) in [5.74, 6) is -1.06. The Morgan fingerprint density at radius 3 is 2.05 bits per heavy atom. The van der Waals surface area contributed by atoms with Crippen LogP contribution >= 0.6 is 0 Å². The molecule has 0 saturated carbocycles. The Bertz CT molecular complexity index is 1250. The van der Waals surface area contributed by atoms with E-state index < -0.39 is 29.4 Å². The van der Waals surface area contributed by atoms with Gasteiger partial charge in [-0.3, -0.25) is 0 Å². The predicted octanol–water partition coefficient (Wildman–Crippen LogP) is 6.36. The van der Waals surface area contributed by atoms with Crippen molar-refractivity contribution in [3.05, 3.63) is 89.0 Å². The zero-order valence-electron chi connectivity index (χ0n) is 19.4. The van der Waals surface area contributed by atoms with E-state index in [-0.39, 0.29) is 44.0 Å². The lowest BCUT2D eigenvalue weighted by Crippen LogP contribution is -2.47. The summed E-state index contributed by atoms with van der Waals surface area (Å²) >= 11 is 0. The fourth-order valence-electron chi connectivity index (χ4n) is 4.20. The molecule has 0 radical (unpaired) electrons. The second-order valence-corrected chi connectivity index (χ2v) is 8.61. The standard InChI is InChI=1S/C26H23F6N3O2/c27-25(28,29)19-2-1-3-21(14-19)34-10-12-35(13-11-34)23-15-20(8-9-22(23)26(30,31)32)33-16-17-4-6-18(7-5-17)24(36)37/h1-9,14-15,33H,10-13,16H2,(H,36,37). The normalized spacial score (nSPS) is 14.5. The lowest BCUT2D eigenvalue weighted by molar-refractivity contribution is -0.138. The fourth-order valence-corrected chi connectivity index (χ4v) is 4.20. The highest BCUT2D eigenvalue weighted by Crippen LogP contribution is 2.39. The SMILES string of the molecule is O=C(O)c1ccc(CNc2ccc(C(F)(F)F)c(N3CCN(c4cccc(C(F)(F)F)c4)CC3)c2)cc1. The molecule has 196 valence electrons. The molecule has 0 atom stereocenters. The average molecular weight is 523 g/mol. The lowest BCUT2D eigenvalue weighted by atomic mass is 10.1. The number of hydrogen-bond acceptors (Lipinski definition) is 4. The molecule has 3 aromatic rings. The molecular weight excluding hydrogens is 500 g/mol. The number of alkyl halides is 6. The molecule has 1 aliphatic heterocycles. The smallest absolute Gasteiger partial charge is 0.418 e. The predicted molar refractivity (Wildman–Crippen MR) is 128 cm³/mol. The van der Waals surface area contributed by atoms with Crippen molar-refractivity contribution in [2.24, 2.45) is 0 Å². The van der Waals surface area contributed by atoms with Crippen molar-refractivity contribution in [2.45, 2.75) is 18.9 Å². The number of piperazine rings is 1. The molecule has 0 amide bonds. The van der Waals surface area contributed by atoms with E-state index in [0.29, 0.717) is 11.4 Å². The first-order valence-corrected chi connectivity index (χ1v) is 11.4. The molecule has 11 heteroatoms. The van der Waals surface area contributed by atoms with E-state index in [1.165, 1.54) is 30.3 Å². The molecule has 0 bridgehead atoms. The number of aromatic carboxylic acids is 1. The zero-order valence-corrected chi connectivity index (χ0v) is 19.4. The van der Waals surface area contributed by atoms with Crippen LogP contribution in [-0.4, -0.2) is 37.3 Å². The van der Waals surface area contributed by atoms with E-state index in [1.54, 1.807) is 28.0 Å². The number of carboxylic acid groups (broad SMARTS) is 1. The third-order valence-electron chi connectivity index (χ3n) is 6.16. The van der Waals surface area contributed by atoms with Crippen LogP contribution in [0.2, 0.25) is 0 Å². The monoisotopic (exact) mass is 523 g/mol. The highest BCUT2D eigenvalue weighted by molar-refractivity contribution is 5.87. The Morgan fingerprint density at radius 1 is 0.811 bits per heavy atom. The van der Waals surface area contributed by atoms with Gasteiger partial charge in [0, 0.05) is 44.1 Å². The fraction of sp³-hybridized carbons (Fsp3) is 0.269. The molecule has 0 unspecified atom stereocenters. The maximum absolute atomic E-state index is 13.8. The van der Waals surface area contributed by atoms with Gasteiger partial charge in [0.15, 0.2) is 0 Å². The minimum absolute atomic E-state index is 0.0117. The van der Waals surface area contributed by atoms with Gasteiger partial charge in [0.25, 0.3) is 0 Å². The van der Waals surface area contributed by atoms with Crippen molar-refractivity contribution in [2.75, 3.05) is 41.3 Å². The van der Waals surface area contributed by atoms with Gasteiger partial charge < -0.3 is 20.2 Å². The average Bonchev–Trinajstić information content (AvgIpc) is 2.86. The zero-order chi connectivity index (χ0) is 26.8. The van der Waals surface area contributed by atoms with Crippen molar-refractivity contribution >= 4 is 23.0 Å². The molecular formula is C26H23F6N3O2. The van der Waals surface area contributed by atoms with E-state index >= 15 is 0 Å². The third kappa shape index (κ3) is 6.28. The number of anilines is 3. The molecule has 3 aromatic carbocycles. The highest BCUT2D eigenvalue weighted by Gasteiger charge is 2.36. The summed E-state index contributed by atoms with van der Waals surface area (Å²) < 4.78 is 80.5. The van der Waals surface area contributed by atoms with Crippen LogP contribution in [0.4, 0.5) is 43.4 Å². The van der Waals surface area contributed by atoms with Crippen LogP contribution < -0.4 is 15.1 Å². The van der Waals surface area contributed by atoms with E-state index in [0.717, 1.165) is 23.8 Å². The Hall–Kier alpha value is -3.89. The Kier molecular flexibility index (Phi) is 7.24. The van der Waals surface area contributed by atoms with Crippen molar-refractivity contribution in [1.82, 2.24) is 0 Å². The van der Waals surface area contributed by atoms with E-state index in [2.05, 4.69) is 5.32 Å². The summed E-state index contributed by atoms with van der Waals surface area (Å²) in [6.07, 6.45) is -9.07. The Morgan fingerprint density at radius 2 is 1.46 bits per heavy atom. The summed E-state index contributed by atoms with van der Waals surface area (Å²) in [5, 5.41) is 12.1. The molecule has 0 aromatic heterocycles. The lowest BCUT2D eigenvalue weighted by Gasteiger charge is -2.38. The number of nitrogens with one attached hydrogen (secondary N) is 1. The number of carboxylic acids is 1. The van der Waals surface area contributed by atoms with Gasteiger partial charge in [-0.2, -0.15) is 26.3 Å². The first kappa shape index (κ1) is 26.2. The van der Waals surface area contributed by atoms with Crippen molar-refractivity contribution < 1.29 is 36.2 Å². The Balaban J connectivity index is 1.49. The van der Waals surface area contributed by atoms with Gasteiger partial charge in [-0.25, -0.2) is 4.79 Å². The number of hydrogen-bond donors (Lipinski definition) is 2. The topological polar surface area (TPSA) is 55.8 Å². The summed E-state index contributed by atoms with van der Waals surface area (Å²) in [7, 11) is 0. The Labute approximate surface area is 208 Å². The third-order valence-corrected chi connectivity index (χ3v) is 6.16. The molecule has 1 heterocycles. The molecule has 5 nitrogen and oxygen atoms in total. The van der Waals surface area contributed by atoms with Crippen molar-refractivity contribution in [3.8, 4) is 0 Å². The van der Waals surface area contributed by atoms with Gasteiger partial charge in [-0.15, -0.1) is 0 Å². The summed E-state index contributed by atoms with van der Waals surface area (Å²) in [6.45, 7) is 1.17. The van der Waals surface area contributed by atoms with Crippen molar-refractivity contribution in [3.63, 3.8) is 0 Å². The second-order valence-electron chi connectivity index (χ2n) is 8.61. The molecule has 37 heavy (non-hydrogen) atoms. The van der Waals surface area contributed by atoms with Crippen LogP contribution in [0.5, 0.6) is 0 Å². The van der Waals surface area contributed by atoms with Crippen LogP contribution in [0, 0.1) is 0 Å². The van der Waals surface area contributed by atoms with E-state index in [4.69, 9.17) is 5.11 Å². The number of halogens is 6. The van der Waals surface area contributed by atoms with Gasteiger partial charge in [0.1, 0.15) is 0 Å². The number of rotatable bonds is 6. The maximum Gasteiger partial charge on any atom is 0.418 e. The molecule has 2 N–H and O–H groups in total. The molecule has 0 spiro atoms. The quantitative estimate of drug-likeness (QED) is 0.368. The van der Waals surface area contributed by atoms with E-state index in [9.17, 15) is 31.1 Å². The minimum atomic E-state index is -4.58. The molecule has 1 aliphatic rings. The van der Waals surface area contributed by atoms with Gasteiger partial charge in [0.05, 0.1) is 22.4 Å². The van der Waals surface area contributed by atoms with E-state index in [1.807, 2.05) is 0 Å². The van der Waals surface area contributed by atoms with Crippen LogP contribution in [0.25, 0.3) is 0 Å². The van der Waals surface area contributed by atoms with Gasteiger partial charge in [0.2, 0.25) is 0 Å². The van der Waals surface area contributed by atoms with Gasteiger partial charge in [-0.05, 0) is 54.1 Å². The van der Waals surface area contributed by atoms with Gasteiger partial charge in [-0.1, -0.05) is 18.2 Å². The number of nitrogens with zero attached hydrogens (tertiary/aromatic N) is 2. The molecule has 0 aliphatic carbocycles. The summed E-state index contributed by atoms with van der Waals surface area (Å²) in [5.41, 5.74) is 0.119. The highest BCUT2D eigenvalue weighted by atomic mass is 19.4. The number of carbonyl (C=O) groups is 1. The molecule has 4 rings (SSSR count). The maximum atomic E-state index is 13.8. The number of benzene rings is 3. The summed E-state index contributed by atoms with van der Waals surface area (Å²) in [6, 6.07) is 14.8. The molecule has 1 fully saturated rings. The second kappa shape index (κ2) is 10.2. The first-order valence-electron chi connectivity index (χ1n) is 11.4. The first-order chi connectivity index (χ1) is 17.4. The van der Waals surface area contributed by atoms with Crippen LogP contribution in [-0.2, 0) is 18.9 Å². The molecule has 1 saturated heterocycles. The van der Waals surface area contributed by atoms with Crippen molar-refractivity contribution in [1.29, 1.82) is 0 Å². The van der Waals surface area contributed by atoms with Crippen LogP contribution in [0.15, 0.2) is 66.7 Å². The van der Waals surface area contributed by atoms with Crippen LogP contribution in [0.1, 0.15) is 27.0 Å². The van der Waals surface area contributed by atoms with Gasteiger partial charge >= 0.3 is 18.3 Å². The van der Waals surface area contributed by atoms with Crippen LogP contribution in [0.3, 0.4) is 0 Å². The minimum Gasteiger partial charge on any atom is -0.478 e. The summed E-state index contributed by atoms with van der Waals surface area (Å²) in [4.78, 5) is 14.3.